The second kappa shape index (κ2) is 9.49. The molecule has 2 aromatic heterocycles. The van der Waals surface area contributed by atoms with E-state index in [0.29, 0.717) is 18.7 Å². The zero-order valence-electron chi connectivity index (χ0n) is 17.5. The summed E-state index contributed by atoms with van der Waals surface area (Å²) in [6.45, 7) is 3.89. The molecule has 7 heteroatoms. The smallest absolute Gasteiger partial charge is 0.254 e. The van der Waals surface area contributed by atoms with Gasteiger partial charge in [0.2, 0.25) is 5.91 Å². The van der Waals surface area contributed by atoms with Gasteiger partial charge in [0.15, 0.2) is 0 Å². The number of aromatic nitrogens is 2. The zero-order chi connectivity index (χ0) is 20.8. The highest BCUT2D eigenvalue weighted by molar-refractivity contribution is 5.96. The van der Waals surface area contributed by atoms with Gasteiger partial charge in [-0.3, -0.25) is 14.6 Å². The topological polar surface area (TPSA) is 69.6 Å². The summed E-state index contributed by atoms with van der Waals surface area (Å²) in [7, 11) is 3.82. The predicted molar refractivity (Wildman–Crippen MR) is 113 cm³/mol. The first kappa shape index (κ1) is 20.8. The SMILES string of the molecule is Cc1cc(C(=O)N2CCCc3cccc(n3)N(C)CCCN(C)C(=O)C2)ccn1. The minimum atomic E-state index is -0.134. The summed E-state index contributed by atoms with van der Waals surface area (Å²) in [4.78, 5) is 40.2. The summed E-state index contributed by atoms with van der Waals surface area (Å²) in [6, 6.07) is 9.52. The molecule has 1 aliphatic heterocycles. The van der Waals surface area contributed by atoms with Crippen LogP contribution < -0.4 is 4.90 Å². The lowest BCUT2D eigenvalue weighted by molar-refractivity contribution is -0.130. The molecule has 0 saturated carbocycles. The van der Waals surface area contributed by atoms with Gasteiger partial charge in [0.05, 0.1) is 0 Å². The molecule has 1 aliphatic rings. The Bertz CT molecular complexity index is 870. The van der Waals surface area contributed by atoms with Crippen LogP contribution in [0.15, 0.2) is 36.5 Å². The van der Waals surface area contributed by atoms with Gasteiger partial charge in [0, 0.05) is 56.9 Å². The molecule has 2 bridgehead atoms. The molecule has 3 rings (SSSR count). The number of aryl methyl sites for hydroxylation is 2. The summed E-state index contributed by atoms with van der Waals surface area (Å²) in [5.41, 5.74) is 2.35. The lowest BCUT2D eigenvalue weighted by Crippen LogP contribution is -2.43. The fraction of sp³-hybridized carbons (Fsp3) is 0.455. The molecule has 0 aromatic carbocycles. The van der Waals surface area contributed by atoms with Crippen molar-refractivity contribution in [2.24, 2.45) is 0 Å². The molecule has 0 saturated heterocycles. The van der Waals surface area contributed by atoms with E-state index in [1.165, 1.54) is 0 Å². The van der Waals surface area contributed by atoms with Crippen molar-refractivity contribution in [2.45, 2.75) is 26.2 Å². The third kappa shape index (κ3) is 5.53. The molecule has 154 valence electrons. The van der Waals surface area contributed by atoms with Crippen molar-refractivity contribution in [2.75, 3.05) is 45.2 Å². The molecule has 3 heterocycles. The average molecular weight is 396 g/mol. The van der Waals surface area contributed by atoms with E-state index < -0.39 is 0 Å². The van der Waals surface area contributed by atoms with Crippen LogP contribution in [0.5, 0.6) is 0 Å². The summed E-state index contributed by atoms with van der Waals surface area (Å²) in [5.74, 6) is 0.764. The summed E-state index contributed by atoms with van der Waals surface area (Å²) in [6.07, 6.45) is 3.96. The number of anilines is 1. The van der Waals surface area contributed by atoms with Crippen molar-refractivity contribution in [3.05, 3.63) is 53.5 Å². The van der Waals surface area contributed by atoms with Crippen LogP contribution >= 0.6 is 0 Å². The Morgan fingerprint density at radius 3 is 2.62 bits per heavy atom. The first-order valence-corrected chi connectivity index (χ1v) is 10.1. The largest absolute Gasteiger partial charge is 0.360 e. The van der Waals surface area contributed by atoms with Crippen molar-refractivity contribution < 1.29 is 9.59 Å². The minimum Gasteiger partial charge on any atom is -0.360 e. The number of hydrogen-bond acceptors (Lipinski definition) is 5. The summed E-state index contributed by atoms with van der Waals surface area (Å²) < 4.78 is 0. The molecule has 0 unspecified atom stereocenters. The number of fused-ring (bicyclic) bond motifs is 2. The van der Waals surface area contributed by atoms with Gasteiger partial charge in [0.1, 0.15) is 12.4 Å². The number of rotatable bonds is 1. The fourth-order valence-corrected chi connectivity index (χ4v) is 3.45. The Labute approximate surface area is 172 Å². The van der Waals surface area contributed by atoms with Crippen LogP contribution in [-0.4, -0.2) is 71.9 Å². The van der Waals surface area contributed by atoms with Crippen LogP contribution in [0.3, 0.4) is 0 Å². The average Bonchev–Trinajstić information content (AvgIpc) is 2.71. The predicted octanol–water partition coefficient (Wildman–Crippen LogP) is 2.16. The molecule has 2 aromatic rings. The number of carbonyl (C=O) groups is 2. The quantitative estimate of drug-likeness (QED) is 0.740. The third-order valence-corrected chi connectivity index (χ3v) is 5.21. The van der Waals surface area contributed by atoms with Gasteiger partial charge < -0.3 is 14.7 Å². The van der Waals surface area contributed by atoms with Crippen LogP contribution in [0.25, 0.3) is 0 Å². The molecule has 0 radical (unpaired) electrons. The Morgan fingerprint density at radius 2 is 1.83 bits per heavy atom. The van der Waals surface area contributed by atoms with Crippen molar-refractivity contribution in [3.63, 3.8) is 0 Å². The minimum absolute atomic E-state index is 0.0412. The number of pyridine rings is 2. The lowest BCUT2D eigenvalue weighted by Gasteiger charge is -2.27. The first-order valence-electron chi connectivity index (χ1n) is 10.1. The van der Waals surface area contributed by atoms with Crippen LogP contribution in [0.2, 0.25) is 0 Å². The molecule has 7 nitrogen and oxygen atoms in total. The van der Waals surface area contributed by atoms with E-state index in [4.69, 9.17) is 4.98 Å². The third-order valence-electron chi connectivity index (χ3n) is 5.21. The number of hydrogen-bond donors (Lipinski definition) is 0. The molecule has 0 N–H and O–H groups in total. The fourth-order valence-electron chi connectivity index (χ4n) is 3.45. The van der Waals surface area contributed by atoms with Gasteiger partial charge in [-0.2, -0.15) is 0 Å². The second-order valence-corrected chi connectivity index (χ2v) is 7.59. The van der Waals surface area contributed by atoms with Crippen molar-refractivity contribution >= 4 is 17.6 Å². The molecule has 2 amide bonds. The molecule has 0 atom stereocenters. The monoisotopic (exact) mass is 395 g/mol. The molecule has 0 fully saturated rings. The first-order chi connectivity index (χ1) is 13.9. The number of carbonyl (C=O) groups excluding carboxylic acids is 2. The highest BCUT2D eigenvalue weighted by atomic mass is 16.2. The number of nitrogens with zero attached hydrogens (tertiary/aromatic N) is 5. The van der Waals surface area contributed by atoms with E-state index in [-0.39, 0.29) is 18.4 Å². The standard InChI is InChI=1S/C22H29N5O2/c1-17-15-18(10-11-23-17)22(29)27-14-5-8-19-7-4-9-20(24-19)25(2)12-6-13-26(3)21(28)16-27/h4,7,9-11,15H,5-6,8,12-14,16H2,1-3H3. The van der Waals surface area contributed by atoms with E-state index >= 15 is 0 Å². The Balaban J connectivity index is 1.81. The van der Waals surface area contributed by atoms with Crippen LogP contribution in [0, 0.1) is 6.92 Å². The van der Waals surface area contributed by atoms with Crippen molar-refractivity contribution in [3.8, 4) is 0 Å². The Morgan fingerprint density at radius 1 is 1.03 bits per heavy atom. The molecule has 29 heavy (non-hydrogen) atoms. The maximum atomic E-state index is 13.1. The van der Waals surface area contributed by atoms with Gasteiger partial charge in [-0.15, -0.1) is 0 Å². The maximum Gasteiger partial charge on any atom is 0.254 e. The van der Waals surface area contributed by atoms with E-state index in [0.717, 1.165) is 43.0 Å². The van der Waals surface area contributed by atoms with Gasteiger partial charge in [-0.25, -0.2) is 4.98 Å². The maximum absolute atomic E-state index is 13.1. The van der Waals surface area contributed by atoms with E-state index in [1.54, 1.807) is 35.2 Å². The van der Waals surface area contributed by atoms with Crippen LogP contribution in [0.4, 0.5) is 5.82 Å². The van der Waals surface area contributed by atoms with E-state index in [9.17, 15) is 9.59 Å². The van der Waals surface area contributed by atoms with Gasteiger partial charge in [-0.1, -0.05) is 6.07 Å². The summed E-state index contributed by atoms with van der Waals surface area (Å²) in [5, 5.41) is 0. The van der Waals surface area contributed by atoms with Gasteiger partial charge in [0.25, 0.3) is 5.91 Å². The van der Waals surface area contributed by atoms with Crippen molar-refractivity contribution in [1.29, 1.82) is 0 Å². The zero-order valence-corrected chi connectivity index (χ0v) is 17.5. The molecule has 0 aliphatic carbocycles. The van der Waals surface area contributed by atoms with Gasteiger partial charge >= 0.3 is 0 Å². The molecule has 0 spiro atoms. The summed E-state index contributed by atoms with van der Waals surface area (Å²) >= 11 is 0. The Hall–Kier alpha value is -2.96. The molecular weight excluding hydrogens is 366 g/mol. The normalized spacial score (nSPS) is 16.5. The van der Waals surface area contributed by atoms with Crippen LogP contribution in [-0.2, 0) is 11.2 Å². The Kier molecular flexibility index (Phi) is 6.80. The van der Waals surface area contributed by atoms with Crippen molar-refractivity contribution in [1.82, 2.24) is 19.8 Å². The second-order valence-electron chi connectivity index (χ2n) is 7.59. The lowest BCUT2D eigenvalue weighted by atomic mass is 10.1. The number of amides is 2. The number of likely N-dealkylation sites (N-methyl/N-ethyl adjacent to an activating group) is 1. The highest BCUT2D eigenvalue weighted by Gasteiger charge is 2.21. The van der Waals surface area contributed by atoms with E-state index in [1.807, 2.05) is 32.2 Å². The highest BCUT2D eigenvalue weighted by Crippen LogP contribution is 2.14. The molecular formula is C22H29N5O2. The van der Waals surface area contributed by atoms with Crippen LogP contribution in [0.1, 0.15) is 34.6 Å². The van der Waals surface area contributed by atoms with E-state index in [2.05, 4.69) is 9.88 Å². The van der Waals surface area contributed by atoms with Gasteiger partial charge in [-0.05, 0) is 50.5 Å².